The number of benzene rings is 1. The van der Waals surface area contributed by atoms with Crippen molar-refractivity contribution in [2.75, 3.05) is 0 Å². The van der Waals surface area contributed by atoms with Crippen LogP contribution in [-0.2, 0) is 6.42 Å². The summed E-state index contributed by atoms with van der Waals surface area (Å²) >= 11 is 9.47. The highest BCUT2D eigenvalue weighted by Gasteiger charge is 2.34. The molecule has 0 spiro atoms. The minimum absolute atomic E-state index is 0.166. The van der Waals surface area contributed by atoms with E-state index < -0.39 is 5.67 Å². The third kappa shape index (κ3) is 3.43. The first-order valence-corrected chi connectivity index (χ1v) is 7.04. The van der Waals surface area contributed by atoms with E-state index in [4.69, 9.17) is 17.3 Å². The largest absolute Gasteiger partial charge is 0.328 e. The summed E-state index contributed by atoms with van der Waals surface area (Å²) in [7, 11) is 0. The van der Waals surface area contributed by atoms with E-state index in [2.05, 4.69) is 15.9 Å². The summed E-state index contributed by atoms with van der Waals surface area (Å²) < 4.78 is 15.5. The zero-order chi connectivity index (χ0) is 12.5. The fourth-order valence-corrected chi connectivity index (χ4v) is 3.08. The van der Waals surface area contributed by atoms with Crippen molar-refractivity contribution < 1.29 is 4.39 Å². The summed E-state index contributed by atoms with van der Waals surface area (Å²) in [5.74, 6) is 0. The Morgan fingerprint density at radius 3 is 2.65 bits per heavy atom. The molecule has 0 aromatic heterocycles. The van der Waals surface area contributed by atoms with Crippen LogP contribution >= 0.6 is 27.5 Å². The molecular weight excluding hydrogens is 305 g/mol. The van der Waals surface area contributed by atoms with Crippen molar-refractivity contribution in [3.63, 3.8) is 0 Å². The molecule has 1 fully saturated rings. The molecule has 94 valence electrons. The van der Waals surface area contributed by atoms with Gasteiger partial charge in [0.2, 0.25) is 0 Å². The van der Waals surface area contributed by atoms with Crippen LogP contribution in [0, 0.1) is 0 Å². The lowest BCUT2D eigenvalue weighted by atomic mass is 9.80. The number of hydrogen-bond acceptors (Lipinski definition) is 1. The minimum Gasteiger partial charge on any atom is -0.328 e. The summed E-state index contributed by atoms with van der Waals surface area (Å²) in [6, 6.07) is 5.77. The number of alkyl halides is 1. The lowest BCUT2D eigenvalue weighted by molar-refractivity contribution is 0.0995. The molecule has 4 heteroatoms. The number of hydrogen-bond donors (Lipinski definition) is 1. The summed E-state index contributed by atoms with van der Waals surface area (Å²) in [6.45, 7) is 0. The van der Waals surface area contributed by atoms with Crippen molar-refractivity contribution in [1.29, 1.82) is 0 Å². The average Bonchev–Trinajstić information content (AvgIpc) is 2.27. The molecule has 17 heavy (non-hydrogen) atoms. The van der Waals surface area contributed by atoms with Gasteiger partial charge < -0.3 is 5.73 Å². The summed E-state index contributed by atoms with van der Waals surface area (Å²) in [5, 5.41) is 0.631. The second-order valence-corrected chi connectivity index (χ2v) is 6.22. The van der Waals surface area contributed by atoms with Gasteiger partial charge >= 0.3 is 0 Å². The molecule has 0 radical (unpaired) electrons. The van der Waals surface area contributed by atoms with Crippen LogP contribution in [-0.4, -0.2) is 11.7 Å². The molecule has 0 atom stereocenters. The van der Waals surface area contributed by atoms with Gasteiger partial charge in [0.05, 0.1) is 0 Å². The average molecular weight is 321 g/mol. The van der Waals surface area contributed by atoms with Crippen LogP contribution in [0.25, 0.3) is 0 Å². The molecule has 0 heterocycles. The fraction of sp³-hybridized carbons (Fsp3) is 0.538. The quantitative estimate of drug-likeness (QED) is 0.866. The highest BCUT2D eigenvalue weighted by molar-refractivity contribution is 9.10. The highest BCUT2D eigenvalue weighted by atomic mass is 79.9. The van der Waals surface area contributed by atoms with Crippen LogP contribution in [0.15, 0.2) is 22.7 Å². The SMILES string of the molecule is NC1CCC(F)(Cc2ccc(Br)cc2Cl)CC1. The molecule has 0 saturated heterocycles. The van der Waals surface area contributed by atoms with Crippen molar-refractivity contribution in [2.24, 2.45) is 5.73 Å². The van der Waals surface area contributed by atoms with Gasteiger partial charge in [-0.2, -0.15) is 0 Å². The maximum absolute atomic E-state index is 14.6. The Hall–Kier alpha value is -0.120. The Bertz CT molecular complexity index is 402. The Labute approximate surface area is 115 Å². The molecule has 1 aliphatic rings. The van der Waals surface area contributed by atoms with E-state index in [-0.39, 0.29) is 6.04 Å². The van der Waals surface area contributed by atoms with Crippen molar-refractivity contribution in [1.82, 2.24) is 0 Å². The number of halogens is 3. The van der Waals surface area contributed by atoms with Crippen LogP contribution in [0.4, 0.5) is 4.39 Å². The van der Waals surface area contributed by atoms with E-state index in [1.807, 2.05) is 18.2 Å². The second kappa shape index (κ2) is 5.25. The summed E-state index contributed by atoms with van der Waals surface area (Å²) in [5.41, 5.74) is 5.55. The molecule has 0 aliphatic heterocycles. The van der Waals surface area contributed by atoms with Gasteiger partial charge in [-0.05, 0) is 43.4 Å². The van der Waals surface area contributed by atoms with E-state index in [0.29, 0.717) is 24.3 Å². The van der Waals surface area contributed by atoms with Gasteiger partial charge in [0.15, 0.2) is 0 Å². The minimum atomic E-state index is -1.13. The highest BCUT2D eigenvalue weighted by Crippen LogP contribution is 2.36. The molecule has 0 bridgehead atoms. The Kier molecular flexibility index (Phi) is 4.11. The topological polar surface area (TPSA) is 26.0 Å². The third-order valence-corrected chi connectivity index (χ3v) is 4.29. The van der Waals surface area contributed by atoms with Crippen molar-refractivity contribution in [2.45, 2.75) is 43.8 Å². The normalized spacial score (nSPS) is 29.3. The molecule has 1 saturated carbocycles. The molecule has 0 unspecified atom stereocenters. The van der Waals surface area contributed by atoms with Gasteiger partial charge in [0.1, 0.15) is 5.67 Å². The smallest absolute Gasteiger partial charge is 0.115 e. The lowest BCUT2D eigenvalue weighted by Crippen LogP contribution is -2.37. The second-order valence-electron chi connectivity index (χ2n) is 4.90. The number of rotatable bonds is 2. The van der Waals surface area contributed by atoms with Crippen LogP contribution in [0.1, 0.15) is 31.2 Å². The zero-order valence-corrected chi connectivity index (χ0v) is 11.9. The van der Waals surface area contributed by atoms with E-state index >= 15 is 0 Å². The summed E-state index contributed by atoms with van der Waals surface area (Å²) in [6.07, 6.45) is 3.02. The van der Waals surface area contributed by atoms with Crippen LogP contribution in [0.2, 0.25) is 5.02 Å². The van der Waals surface area contributed by atoms with E-state index in [9.17, 15) is 4.39 Å². The number of nitrogens with two attached hydrogens (primary N) is 1. The Morgan fingerprint density at radius 2 is 2.06 bits per heavy atom. The molecule has 1 aromatic rings. The molecule has 2 N–H and O–H groups in total. The van der Waals surface area contributed by atoms with Crippen molar-refractivity contribution in [3.8, 4) is 0 Å². The van der Waals surface area contributed by atoms with Gasteiger partial charge in [-0.1, -0.05) is 33.6 Å². The fourth-order valence-electron chi connectivity index (χ4n) is 2.34. The maximum Gasteiger partial charge on any atom is 0.115 e. The molecule has 1 aliphatic carbocycles. The first-order valence-electron chi connectivity index (χ1n) is 5.87. The van der Waals surface area contributed by atoms with Gasteiger partial charge in [-0.3, -0.25) is 0 Å². The van der Waals surface area contributed by atoms with Crippen molar-refractivity contribution >= 4 is 27.5 Å². The van der Waals surface area contributed by atoms with Gasteiger partial charge in [0, 0.05) is 22.0 Å². The monoisotopic (exact) mass is 319 g/mol. The molecular formula is C13H16BrClFN. The third-order valence-electron chi connectivity index (χ3n) is 3.45. The zero-order valence-electron chi connectivity index (χ0n) is 9.56. The van der Waals surface area contributed by atoms with Gasteiger partial charge in [-0.25, -0.2) is 4.39 Å². The summed E-state index contributed by atoms with van der Waals surface area (Å²) in [4.78, 5) is 0. The maximum atomic E-state index is 14.6. The van der Waals surface area contributed by atoms with Gasteiger partial charge in [0.25, 0.3) is 0 Å². The Morgan fingerprint density at radius 1 is 1.41 bits per heavy atom. The standard InChI is InChI=1S/C13H16BrClFN/c14-10-2-1-9(12(15)7-10)8-13(16)5-3-11(17)4-6-13/h1-2,7,11H,3-6,8,17H2. The van der Waals surface area contributed by atoms with Crippen LogP contribution in [0.3, 0.4) is 0 Å². The molecule has 1 aromatic carbocycles. The first kappa shape index (κ1) is 13.3. The molecule has 0 amide bonds. The molecule has 1 nitrogen and oxygen atoms in total. The molecule has 2 rings (SSSR count). The predicted molar refractivity (Wildman–Crippen MR) is 73.1 cm³/mol. The van der Waals surface area contributed by atoms with Crippen LogP contribution in [0.5, 0.6) is 0 Å². The first-order chi connectivity index (χ1) is 7.98. The Balaban J connectivity index is 2.09. The van der Waals surface area contributed by atoms with E-state index in [1.54, 1.807) is 0 Å². The van der Waals surface area contributed by atoms with E-state index in [1.165, 1.54) is 0 Å². The van der Waals surface area contributed by atoms with Gasteiger partial charge in [-0.15, -0.1) is 0 Å². The predicted octanol–water partition coefficient (Wildman–Crippen LogP) is 4.25. The van der Waals surface area contributed by atoms with Crippen LogP contribution < -0.4 is 5.73 Å². The van der Waals surface area contributed by atoms with Crippen molar-refractivity contribution in [3.05, 3.63) is 33.3 Å². The van der Waals surface area contributed by atoms with E-state index in [0.717, 1.165) is 22.9 Å². The lowest BCUT2D eigenvalue weighted by Gasteiger charge is -2.32.